The van der Waals surface area contributed by atoms with Gasteiger partial charge in [0.1, 0.15) is 11.5 Å². The molecule has 3 nitrogen and oxygen atoms in total. The van der Waals surface area contributed by atoms with Crippen molar-refractivity contribution in [1.82, 2.24) is 0 Å². The molecule has 0 aliphatic rings. The molecule has 0 radical (unpaired) electrons. The van der Waals surface area contributed by atoms with Crippen LogP contribution in [-0.2, 0) is 11.2 Å². The lowest BCUT2D eigenvalue weighted by Crippen LogP contribution is -1.97. The number of rotatable bonds is 11. The van der Waals surface area contributed by atoms with E-state index in [0.29, 0.717) is 6.42 Å². The van der Waals surface area contributed by atoms with Crippen molar-refractivity contribution in [2.75, 3.05) is 0 Å². The Hall–Kier alpha value is -3.58. The maximum absolute atomic E-state index is 10.8. The quantitative estimate of drug-likeness (QED) is 0.168. The van der Waals surface area contributed by atoms with Gasteiger partial charge in [-0.05, 0) is 116 Å². The molecular formula is C34H28O3S3. The molecule has 0 aliphatic carbocycles. The molecule has 0 fully saturated rings. The fourth-order valence-electron chi connectivity index (χ4n) is 3.85. The smallest absolute Gasteiger partial charge is 0.303 e. The van der Waals surface area contributed by atoms with Crippen molar-refractivity contribution in [3.8, 4) is 11.5 Å². The second-order valence-electron chi connectivity index (χ2n) is 9.17. The summed E-state index contributed by atoms with van der Waals surface area (Å²) in [7, 11) is 0. The highest BCUT2D eigenvalue weighted by molar-refractivity contribution is 8.00. The van der Waals surface area contributed by atoms with Crippen LogP contribution in [0.1, 0.15) is 17.5 Å². The van der Waals surface area contributed by atoms with Gasteiger partial charge >= 0.3 is 5.97 Å². The third-order valence-corrected chi connectivity index (χ3v) is 9.03. The lowest BCUT2D eigenvalue weighted by atomic mass is 10.1. The van der Waals surface area contributed by atoms with Crippen molar-refractivity contribution in [2.24, 2.45) is 0 Å². The summed E-state index contributed by atoms with van der Waals surface area (Å²) in [6, 6.07) is 41.6. The standard InChI is InChI=1S/C34H28O3S3/c1-24-2-7-26(8-3-24)37-27-9-13-29(14-10-27)39-31-17-21-33(22-18-31)40-32-19-15-30(16-20-32)38-28-11-4-25(5-12-28)6-23-34(35)36/h2-5,7-22H,6,23H2,1H3,(H,35,36). The number of hydrogen-bond acceptors (Lipinski definition) is 5. The van der Waals surface area contributed by atoms with Gasteiger partial charge in [-0.25, -0.2) is 0 Å². The molecule has 6 heteroatoms. The average Bonchev–Trinajstić information content (AvgIpc) is 2.97. The van der Waals surface area contributed by atoms with Gasteiger partial charge in [-0.2, -0.15) is 0 Å². The largest absolute Gasteiger partial charge is 0.481 e. The molecule has 200 valence electrons. The van der Waals surface area contributed by atoms with Gasteiger partial charge in [0.2, 0.25) is 0 Å². The topological polar surface area (TPSA) is 46.5 Å². The number of benzene rings is 5. The van der Waals surface area contributed by atoms with E-state index in [1.807, 2.05) is 48.5 Å². The van der Waals surface area contributed by atoms with Gasteiger partial charge in [-0.15, -0.1) is 0 Å². The van der Waals surface area contributed by atoms with E-state index in [1.54, 1.807) is 35.3 Å². The summed E-state index contributed by atoms with van der Waals surface area (Å²) in [6.45, 7) is 2.07. The maximum Gasteiger partial charge on any atom is 0.303 e. The van der Waals surface area contributed by atoms with Gasteiger partial charge in [0.15, 0.2) is 0 Å². The van der Waals surface area contributed by atoms with Gasteiger partial charge in [0.05, 0.1) is 0 Å². The van der Waals surface area contributed by atoms with Crippen LogP contribution in [0.3, 0.4) is 0 Å². The van der Waals surface area contributed by atoms with Crippen LogP contribution in [0, 0.1) is 6.92 Å². The van der Waals surface area contributed by atoms with Gasteiger partial charge in [-0.1, -0.05) is 65.1 Å². The third-order valence-electron chi connectivity index (χ3n) is 5.99. The molecule has 0 spiro atoms. The molecule has 0 amide bonds. The summed E-state index contributed by atoms with van der Waals surface area (Å²) in [5.74, 6) is 0.904. The second kappa shape index (κ2) is 13.7. The highest BCUT2D eigenvalue weighted by Gasteiger charge is 2.05. The molecule has 5 rings (SSSR count). The molecule has 1 N–H and O–H groups in total. The van der Waals surface area contributed by atoms with E-state index in [2.05, 4.69) is 79.7 Å². The number of carboxylic acid groups (broad SMARTS) is 1. The predicted octanol–water partition coefficient (Wildman–Crippen LogP) is 10.3. The van der Waals surface area contributed by atoms with E-state index in [9.17, 15) is 4.79 Å². The zero-order valence-electron chi connectivity index (χ0n) is 21.9. The van der Waals surface area contributed by atoms with Crippen LogP contribution in [0.15, 0.2) is 151 Å². The minimum atomic E-state index is -0.766. The van der Waals surface area contributed by atoms with Crippen LogP contribution in [0.2, 0.25) is 0 Å². The predicted molar refractivity (Wildman–Crippen MR) is 165 cm³/mol. The Balaban J connectivity index is 1.11. The van der Waals surface area contributed by atoms with Crippen molar-refractivity contribution in [3.05, 3.63) is 132 Å². The molecule has 0 bridgehead atoms. The Morgan fingerprint density at radius 2 is 0.875 bits per heavy atom. The zero-order chi connectivity index (χ0) is 27.7. The Kier molecular flexibility index (Phi) is 9.55. The molecule has 5 aromatic rings. The minimum Gasteiger partial charge on any atom is -0.481 e. The maximum atomic E-state index is 10.8. The van der Waals surface area contributed by atoms with Crippen LogP contribution in [-0.4, -0.2) is 11.1 Å². The summed E-state index contributed by atoms with van der Waals surface area (Å²) in [6.07, 6.45) is 0.718. The molecule has 0 atom stereocenters. The summed E-state index contributed by atoms with van der Waals surface area (Å²) >= 11 is 5.19. The molecular weight excluding hydrogens is 553 g/mol. The third kappa shape index (κ3) is 8.46. The number of aryl methyl sites for hydroxylation is 2. The van der Waals surface area contributed by atoms with Crippen molar-refractivity contribution in [2.45, 2.75) is 49.1 Å². The van der Waals surface area contributed by atoms with Crippen LogP contribution in [0.5, 0.6) is 11.5 Å². The average molecular weight is 581 g/mol. The van der Waals surface area contributed by atoms with Crippen LogP contribution >= 0.6 is 35.3 Å². The highest BCUT2D eigenvalue weighted by atomic mass is 32.2. The minimum absolute atomic E-state index is 0.159. The fraction of sp³-hybridized carbons (Fsp3) is 0.0882. The van der Waals surface area contributed by atoms with E-state index in [1.165, 1.54) is 30.0 Å². The Morgan fingerprint density at radius 3 is 1.25 bits per heavy atom. The molecule has 0 heterocycles. The van der Waals surface area contributed by atoms with E-state index in [-0.39, 0.29) is 6.42 Å². The molecule has 5 aromatic carbocycles. The van der Waals surface area contributed by atoms with E-state index in [4.69, 9.17) is 9.84 Å². The summed E-state index contributed by atoms with van der Waals surface area (Å²) in [5.41, 5.74) is 2.26. The number of aliphatic carboxylic acids is 1. The normalized spacial score (nSPS) is 10.8. The van der Waals surface area contributed by atoms with Gasteiger partial charge in [0, 0.05) is 35.8 Å². The Morgan fingerprint density at radius 1 is 0.550 bits per heavy atom. The molecule has 0 saturated heterocycles. The van der Waals surface area contributed by atoms with E-state index >= 15 is 0 Å². The first-order valence-electron chi connectivity index (χ1n) is 12.9. The zero-order valence-corrected chi connectivity index (χ0v) is 24.4. The van der Waals surface area contributed by atoms with E-state index in [0.717, 1.165) is 22.0 Å². The molecule has 0 unspecified atom stereocenters. The molecule has 0 aromatic heterocycles. The summed E-state index contributed by atoms with van der Waals surface area (Å²) < 4.78 is 5.94. The van der Waals surface area contributed by atoms with Crippen LogP contribution < -0.4 is 4.74 Å². The molecule has 0 aliphatic heterocycles. The number of ether oxygens (including phenoxy) is 1. The number of carboxylic acids is 1. The SMILES string of the molecule is Cc1ccc(Oc2ccc(Sc3ccc(Sc4ccc(Sc5ccc(CCC(=O)O)cc5)cc4)cc3)cc2)cc1. The number of carbonyl (C=O) groups is 1. The van der Waals surface area contributed by atoms with Gasteiger partial charge < -0.3 is 9.84 Å². The van der Waals surface area contributed by atoms with Crippen molar-refractivity contribution in [1.29, 1.82) is 0 Å². The monoisotopic (exact) mass is 580 g/mol. The van der Waals surface area contributed by atoms with Gasteiger partial charge in [0.25, 0.3) is 0 Å². The first-order valence-corrected chi connectivity index (χ1v) is 15.3. The number of hydrogen-bond donors (Lipinski definition) is 1. The first kappa shape index (κ1) is 28.0. The van der Waals surface area contributed by atoms with Crippen LogP contribution in [0.25, 0.3) is 0 Å². The Labute approximate surface area is 248 Å². The highest BCUT2D eigenvalue weighted by Crippen LogP contribution is 2.35. The van der Waals surface area contributed by atoms with Crippen LogP contribution in [0.4, 0.5) is 0 Å². The first-order chi connectivity index (χ1) is 19.5. The molecule has 40 heavy (non-hydrogen) atoms. The Bertz CT molecular complexity index is 1530. The van der Waals surface area contributed by atoms with Crippen molar-refractivity contribution >= 4 is 41.3 Å². The van der Waals surface area contributed by atoms with Gasteiger partial charge in [-0.3, -0.25) is 4.79 Å². The molecule has 0 saturated carbocycles. The second-order valence-corrected chi connectivity index (χ2v) is 12.6. The summed E-state index contributed by atoms with van der Waals surface area (Å²) in [5, 5.41) is 8.84. The van der Waals surface area contributed by atoms with Crippen molar-refractivity contribution < 1.29 is 14.6 Å². The fourth-order valence-corrected chi connectivity index (χ4v) is 6.30. The van der Waals surface area contributed by atoms with E-state index < -0.39 is 5.97 Å². The lowest BCUT2D eigenvalue weighted by molar-refractivity contribution is -0.136. The summed E-state index contributed by atoms with van der Waals surface area (Å²) in [4.78, 5) is 17.8. The van der Waals surface area contributed by atoms with Crippen molar-refractivity contribution in [3.63, 3.8) is 0 Å². The lowest BCUT2D eigenvalue weighted by Gasteiger charge is -2.08.